The Kier molecular flexibility index (Phi) is 7.36. The van der Waals surface area contributed by atoms with Crippen LogP contribution in [0.1, 0.15) is 31.1 Å². The lowest BCUT2D eigenvalue weighted by molar-refractivity contribution is -0.0495. The minimum atomic E-state index is -3.06. The highest BCUT2D eigenvalue weighted by molar-refractivity contribution is 8.00. The normalized spacial score (nSPS) is 13.9. The fourth-order valence-corrected chi connectivity index (χ4v) is 5.33. The molecule has 14 heteroatoms. The molecule has 0 aliphatic carbocycles. The number of ether oxygens (including phenoxy) is 2. The summed E-state index contributed by atoms with van der Waals surface area (Å²) in [4.78, 5) is 32.0. The molecule has 210 valence electrons. The fourth-order valence-electron chi connectivity index (χ4n) is 4.10. The van der Waals surface area contributed by atoms with Crippen LogP contribution in [0.5, 0.6) is 5.75 Å². The van der Waals surface area contributed by atoms with Crippen LogP contribution in [-0.2, 0) is 11.8 Å². The van der Waals surface area contributed by atoms with E-state index in [1.807, 2.05) is 20.8 Å². The van der Waals surface area contributed by atoms with Gasteiger partial charge in [-0.2, -0.15) is 19.0 Å². The standard InChI is InChI=1S/C26H27F2N7O4S/c1-26(2,3)39-25(37)34-12-16(13-34)40-15-6-7-20(38-24(27)28)17(10-15)21-19(14-33(4)32-21)31-23(36)18-11-30-35-9-5-8-29-22(18)35/h5-11,14,16,24H,12-13H2,1-4H3,(H,31,36). The van der Waals surface area contributed by atoms with Crippen molar-refractivity contribution in [3.8, 4) is 17.0 Å². The molecule has 0 spiro atoms. The van der Waals surface area contributed by atoms with Gasteiger partial charge in [0.2, 0.25) is 0 Å². The number of hydrogen-bond acceptors (Lipinski definition) is 8. The molecule has 40 heavy (non-hydrogen) atoms. The van der Waals surface area contributed by atoms with Gasteiger partial charge < -0.3 is 19.7 Å². The number of hydrogen-bond donors (Lipinski definition) is 1. The number of anilines is 1. The molecule has 4 heterocycles. The van der Waals surface area contributed by atoms with Crippen molar-refractivity contribution in [2.45, 2.75) is 43.1 Å². The van der Waals surface area contributed by atoms with Gasteiger partial charge in [0.15, 0.2) is 5.65 Å². The van der Waals surface area contributed by atoms with Crippen LogP contribution >= 0.6 is 11.8 Å². The molecule has 1 aliphatic rings. The van der Waals surface area contributed by atoms with Crippen LogP contribution in [-0.4, -0.2) is 71.8 Å². The molecule has 1 aliphatic heterocycles. The summed E-state index contributed by atoms with van der Waals surface area (Å²) in [5.74, 6) is -0.573. The van der Waals surface area contributed by atoms with Gasteiger partial charge in [-0.1, -0.05) is 0 Å². The number of thioether (sulfide) groups is 1. The number of halogens is 2. The predicted octanol–water partition coefficient (Wildman–Crippen LogP) is 4.69. The Morgan fingerprint density at radius 1 is 1.23 bits per heavy atom. The molecule has 11 nitrogen and oxygen atoms in total. The Morgan fingerprint density at radius 3 is 2.73 bits per heavy atom. The molecule has 1 fully saturated rings. The SMILES string of the molecule is Cn1cc(NC(=O)c2cnn3cccnc23)c(-c2cc(SC3CN(C(=O)OC(C)(C)C)C3)ccc2OC(F)F)n1. The van der Waals surface area contributed by atoms with Crippen LogP contribution < -0.4 is 10.1 Å². The molecule has 3 aromatic heterocycles. The smallest absolute Gasteiger partial charge is 0.410 e. The second kappa shape index (κ2) is 10.8. The van der Waals surface area contributed by atoms with Gasteiger partial charge >= 0.3 is 12.7 Å². The molecule has 5 rings (SSSR count). The van der Waals surface area contributed by atoms with Gasteiger partial charge in [0, 0.05) is 54.4 Å². The number of likely N-dealkylation sites (tertiary alicyclic amines) is 1. The topological polar surface area (TPSA) is 116 Å². The van der Waals surface area contributed by atoms with E-state index in [-0.39, 0.29) is 33.9 Å². The molecule has 1 N–H and O–H groups in total. The summed E-state index contributed by atoms with van der Waals surface area (Å²) in [6.07, 6.45) is 5.81. The first kappa shape index (κ1) is 27.4. The highest BCUT2D eigenvalue weighted by Crippen LogP contribution is 2.40. The summed E-state index contributed by atoms with van der Waals surface area (Å²) >= 11 is 1.50. The molecule has 4 aromatic rings. The minimum Gasteiger partial charge on any atom is -0.444 e. The molecule has 1 saturated heterocycles. The van der Waals surface area contributed by atoms with Crippen molar-refractivity contribution >= 4 is 35.1 Å². The Morgan fingerprint density at radius 2 is 2.00 bits per heavy atom. The molecule has 0 atom stereocenters. The van der Waals surface area contributed by atoms with Crippen molar-refractivity contribution in [2.24, 2.45) is 7.05 Å². The Labute approximate surface area is 232 Å². The van der Waals surface area contributed by atoms with Crippen molar-refractivity contribution in [1.82, 2.24) is 29.3 Å². The first-order chi connectivity index (χ1) is 19.0. The fraction of sp³-hybridized carbons (Fsp3) is 0.346. The van der Waals surface area contributed by atoms with E-state index in [1.54, 1.807) is 48.7 Å². The van der Waals surface area contributed by atoms with E-state index in [2.05, 4.69) is 20.5 Å². The van der Waals surface area contributed by atoms with Crippen LogP contribution in [0.25, 0.3) is 16.9 Å². The third-order valence-corrected chi connectivity index (χ3v) is 6.98. The van der Waals surface area contributed by atoms with Crippen molar-refractivity contribution < 1.29 is 27.8 Å². The highest BCUT2D eigenvalue weighted by Gasteiger charge is 2.34. The van der Waals surface area contributed by atoms with Crippen LogP contribution in [0.4, 0.5) is 19.3 Å². The number of aryl methyl sites for hydroxylation is 1. The summed E-state index contributed by atoms with van der Waals surface area (Å²) in [5, 5.41) is 11.5. The van der Waals surface area contributed by atoms with Gasteiger partial charge in [-0.3, -0.25) is 9.48 Å². The summed E-state index contributed by atoms with van der Waals surface area (Å²) in [6, 6.07) is 6.50. The molecule has 0 saturated carbocycles. The average Bonchev–Trinajstić information content (AvgIpc) is 3.43. The molecule has 2 amide bonds. The van der Waals surface area contributed by atoms with E-state index in [0.717, 1.165) is 4.90 Å². The Balaban J connectivity index is 1.38. The summed E-state index contributed by atoms with van der Waals surface area (Å²) in [6.45, 7) is 3.35. The maximum absolute atomic E-state index is 13.3. The highest BCUT2D eigenvalue weighted by atomic mass is 32.2. The van der Waals surface area contributed by atoms with Gasteiger partial charge in [0.1, 0.15) is 22.6 Å². The minimum absolute atomic E-state index is 0.0878. The first-order valence-electron chi connectivity index (χ1n) is 12.3. The van der Waals surface area contributed by atoms with Crippen molar-refractivity contribution in [3.05, 3.63) is 54.6 Å². The van der Waals surface area contributed by atoms with Crippen molar-refractivity contribution in [1.29, 1.82) is 0 Å². The van der Waals surface area contributed by atoms with E-state index in [9.17, 15) is 18.4 Å². The van der Waals surface area contributed by atoms with Crippen LogP contribution in [0.2, 0.25) is 0 Å². The molecule has 0 bridgehead atoms. The number of fused-ring (bicyclic) bond motifs is 1. The zero-order valence-corrected chi connectivity index (χ0v) is 23.0. The van der Waals surface area contributed by atoms with Gasteiger partial charge in [-0.15, -0.1) is 11.8 Å². The second-order valence-electron chi connectivity index (χ2n) is 10.1. The van der Waals surface area contributed by atoms with Gasteiger partial charge in [-0.25, -0.2) is 14.3 Å². The summed E-state index contributed by atoms with van der Waals surface area (Å²) in [5.41, 5.74) is 0.853. The number of nitrogens with zero attached hydrogens (tertiary/aromatic N) is 6. The third kappa shape index (κ3) is 6.01. The zero-order chi connectivity index (χ0) is 28.6. The van der Waals surface area contributed by atoms with Crippen LogP contribution in [0.3, 0.4) is 0 Å². The number of amides is 2. The first-order valence-corrected chi connectivity index (χ1v) is 13.2. The number of benzene rings is 1. The van der Waals surface area contributed by atoms with Gasteiger partial charge in [-0.05, 0) is 45.0 Å². The molecular formula is C26H27F2N7O4S. The second-order valence-corrected chi connectivity index (χ2v) is 11.5. The van der Waals surface area contributed by atoms with E-state index in [4.69, 9.17) is 9.47 Å². The van der Waals surface area contributed by atoms with Crippen molar-refractivity contribution in [3.63, 3.8) is 0 Å². The summed E-state index contributed by atoms with van der Waals surface area (Å²) in [7, 11) is 1.65. The summed E-state index contributed by atoms with van der Waals surface area (Å²) < 4.78 is 39.7. The van der Waals surface area contributed by atoms with Crippen LogP contribution in [0.15, 0.2) is 53.9 Å². The predicted molar refractivity (Wildman–Crippen MR) is 144 cm³/mol. The Hall–Kier alpha value is -4.20. The molecule has 1 aromatic carbocycles. The lowest BCUT2D eigenvalue weighted by atomic mass is 10.1. The molecule has 0 unspecified atom stereocenters. The van der Waals surface area contributed by atoms with Gasteiger partial charge in [0.25, 0.3) is 5.91 Å². The quantitative estimate of drug-likeness (QED) is 0.340. The van der Waals surface area contributed by atoms with E-state index in [1.165, 1.54) is 33.2 Å². The molecule has 0 radical (unpaired) electrons. The zero-order valence-electron chi connectivity index (χ0n) is 22.2. The lowest BCUT2D eigenvalue weighted by Gasteiger charge is -2.39. The van der Waals surface area contributed by atoms with E-state index >= 15 is 0 Å². The molecular weight excluding hydrogens is 544 g/mol. The number of aromatic nitrogens is 5. The lowest BCUT2D eigenvalue weighted by Crippen LogP contribution is -2.53. The maximum Gasteiger partial charge on any atom is 0.410 e. The number of carbonyl (C=O) groups excluding carboxylic acids is 2. The van der Waals surface area contributed by atoms with E-state index in [0.29, 0.717) is 24.4 Å². The largest absolute Gasteiger partial charge is 0.444 e. The number of rotatable bonds is 7. The maximum atomic E-state index is 13.3. The average molecular weight is 572 g/mol. The van der Waals surface area contributed by atoms with Crippen LogP contribution in [0, 0.1) is 0 Å². The van der Waals surface area contributed by atoms with E-state index < -0.39 is 18.1 Å². The van der Waals surface area contributed by atoms with Gasteiger partial charge in [0.05, 0.1) is 11.9 Å². The number of nitrogens with one attached hydrogen (secondary N) is 1. The Bertz CT molecular complexity index is 1560. The monoisotopic (exact) mass is 571 g/mol. The third-order valence-electron chi connectivity index (χ3n) is 5.83. The van der Waals surface area contributed by atoms with Crippen molar-refractivity contribution in [2.75, 3.05) is 18.4 Å². The number of carbonyl (C=O) groups is 2. The number of alkyl halides is 2.